The molecule has 0 fully saturated rings. The van der Waals surface area contributed by atoms with E-state index in [1.807, 2.05) is 6.08 Å². The van der Waals surface area contributed by atoms with Crippen molar-refractivity contribution in [2.75, 3.05) is 0 Å². The van der Waals surface area contributed by atoms with Gasteiger partial charge in [-0.15, -0.1) is 0 Å². The monoisotopic (exact) mass is 208 g/mol. The highest BCUT2D eigenvalue weighted by Crippen LogP contribution is 2.49. The fourth-order valence-corrected chi connectivity index (χ4v) is 2.70. The molecule has 0 aromatic heterocycles. The number of hydrogen-bond donors (Lipinski definition) is 1. The highest BCUT2D eigenvalue weighted by Gasteiger charge is 2.43. The lowest BCUT2D eigenvalue weighted by Gasteiger charge is -2.18. The lowest BCUT2D eigenvalue weighted by atomic mass is 9.80. The number of nitrogens with two attached hydrogens (primary N) is 1. The number of fused-ring (bicyclic) bond motifs is 2. The average Bonchev–Trinajstić information content (AvgIpc) is 2.51. The van der Waals surface area contributed by atoms with E-state index in [1.165, 1.54) is 22.3 Å². The highest BCUT2D eigenvalue weighted by molar-refractivity contribution is 5.91. The summed E-state index contributed by atoms with van der Waals surface area (Å²) < 4.78 is 0. The van der Waals surface area contributed by atoms with Gasteiger partial charge >= 0.3 is 0 Å². The van der Waals surface area contributed by atoms with Crippen LogP contribution < -0.4 is 5.73 Å². The van der Waals surface area contributed by atoms with Crippen molar-refractivity contribution in [2.45, 2.75) is 19.3 Å². The molecule has 16 heavy (non-hydrogen) atoms. The Hall–Kier alpha value is -1.85. The minimum Gasteiger partial charge on any atom is -0.346 e. The molecule has 0 aliphatic heterocycles. The Bertz CT molecular complexity index is 557. The smallest absolute Gasteiger partial charge is 0.152 e. The molecule has 0 amide bonds. The van der Waals surface area contributed by atoms with Crippen LogP contribution in [0.25, 0.3) is 5.57 Å². The van der Waals surface area contributed by atoms with Gasteiger partial charge in [0.2, 0.25) is 0 Å². The molecule has 0 bridgehead atoms. The van der Waals surface area contributed by atoms with Crippen molar-refractivity contribution >= 4 is 5.57 Å². The van der Waals surface area contributed by atoms with E-state index in [2.05, 4.69) is 50.3 Å². The predicted molar refractivity (Wildman–Crippen MR) is 66.5 cm³/mol. The maximum absolute atomic E-state index is 6.08. The van der Waals surface area contributed by atoms with Crippen molar-refractivity contribution in [3.05, 3.63) is 64.9 Å². The summed E-state index contributed by atoms with van der Waals surface area (Å²) in [6, 6.07) is 8.50. The molecule has 78 valence electrons. The molecule has 0 atom stereocenters. The molecule has 2 aliphatic rings. The summed E-state index contributed by atoms with van der Waals surface area (Å²) in [4.78, 5) is 0. The molecular weight excluding hydrogens is 194 g/mol. The summed E-state index contributed by atoms with van der Waals surface area (Å²) in [5.74, 6) is 0. The minimum absolute atomic E-state index is 0.0395. The summed E-state index contributed by atoms with van der Waals surface area (Å²) >= 11 is 0. The number of allylic oxidation sites excluding steroid dienone is 5. The van der Waals surface area contributed by atoms with E-state index in [4.69, 9.17) is 5.73 Å². The molecule has 1 nitrogen and oxygen atoms in total. The Kier molecular flexibility index (Phi) is 1.66. The standard InChI is InChI=1S/C15H14N/c1-15(2)11-7-4-3-6-10(11)14-12(15)8-5-9-13(14)16/h3-4,6-9H,16H2,1-2H3/q+1. The summed E-state index contributed by atoms with van der Waals surface area (Å²) in [5, 5.41) is 0. The summed E-state index contributed by atoms with van der Waals surface area (Å²) in [7, 11) is 0. The lowest BCUT2D eigenvalue weighted by molar-refractivity contribution is 0.653. The first-order chi connectivity index (χ1) is 7.62. The van der Waals surface area contributed by atoms with Crippen molar-refractivity contribution < 1.29 is 0 Å². The van der Waals surface area contributed by atoms with Gasteiger partial charge in [-0.2, -0.15) is 0 Å². The van der Waals surface area contributed by atoms with Gasteiger partial charge in [-0.1, -0.05) is 24.3 Å². The van der Waals surface area contributed by atoms with Gasteiger partial charge in [0.15, 0.2) is 5.70 Å². The largest absolute Gasteiger partial charge is 0.346 e. The quantitative estimate of drug-likeness (QED) is 0.652. The zero-order chi connectivity index (χ0) is 11.3. The van der Waals surface area contributed by atoms with Crippen LogP contribution in [0.2, 0.25) is 0 Å². The molecule has 1 aromatic carbocycles. The Labute approximate surface area is 96.0 Å². The first-order valence-corrected chi connectivity index (χ1v) is 5.52. The summed E-state index contributed by atoms with van der Waals surface area (Å²) in [5.41, 5.74) is 12.1. The molecule has 2 N–H and O–H groups in total. The number of rotatable bonds is 0. The van der Waals surface area contributed by atoms with E-state index in [9.17, 15) is 0 Å². The van der Waals surface area contributed by atoms with Gasteiger partial charge < -0.3 is 5.73 Å². The maximum Gasteiger partial charge on any atom is 0.152 e. The number of hydrogen-bond acceptors (Lipinski definition) is 1. The molecule has 0 spiro atoms. The second-order valence-electron chi connectivity index (χ2n) is 4.87. The van der Waals surface area contributed by atoms with E-state index in [0.717, 1.165) is 5.70 Å². The first-order valence-electron chi connectivity index (χ1n) is 5.52. The fraction of sp³-hybridized carbons (Fsp3) is 0.200. The van der Waals surface area contributed by atoms with Crippen LogP contribution in [-0.4, -0.2) is 0 Å². The van der Waals surface area contributed by atoms with E-state index >= 15 is 0 Å². The van der Waals surface area contributed by atoms with Gasteiger partial charge in [-0.05, 0) is 19.4 Å². The van der Waals surface area contributed by atoms with Crippen molar-refractivity contribution in [2.24, 2.45) is 5.73 Å². The van der Waals surface area contributed by atoms with Crippen LogP contribution in [0.1, 0.15) is 25.0 Å². The zero-order valence-electron chi connectivity index (χ0n) is 9.54. The molecule has 2 aliphatic carbocycles. The van der Waals surface area contributed by atoms with Crippen molar-refractivity contribution in [1.82, 2.24) is 0 Å². The van der Waals surface area contributed by atoms with Crippen molar-refractivity contribution in [1.29, 1.82) is 0 Å². The fourth-order valence-electron chi connectivity index (χ4n) is 2.70. The second kappa shape index (κ2) is 2.84. The highest BCUT2D eigenvalue weighted by atomic mass is 14.6. The maximum atomic E-state index is 6.08. The van der Waals surface area contributed by atoms with Gasteiger partial charge in [0, 0.05) is 11.6 Å². The Morgan fingerprint density at radius 1 is 1.19 bits per heavy atom. The van der Waals surface area contributed by atoms with Crippen LogP contribution in [0, 0.1) is 6.08 Å². The first kappa shape index (κ1) is 9.38. The minimum atomic E-state index is 0.0395. The third-order valence-corrected chi connectivity index (χ3v) is 3.57. The predicted octanol–water partition coefficient (Wildman–Crippen LogP) is 2.95. The van der Waals surface area contributed by atoms with Crippen LogP contribution in [0.4, 0.5) is 0 Å². The molecule has 0 radical (unpaired) electrons. The van der Waals surface area contributed by atoms with E-state index in [1.54, 1.807) is 0 Å². The third-order valence-electron chi connectivity index (χ3n) is 3.57. The van der Waals surface area contributed by atoms with Gasteiger partial charge in [-0.3, -0.25) is 0 Å². The van der Waals surface area contributed by atoms with Gasteiger partial charge in [0.05, 0.1) is 11.0 Å². The summed E-state index contributed by atoms with van der Waals surface area (Å²) in [6.45, 7) is 4.48. The van der Waals surface area contributed by atoms with Crippen molar-refractivity contribution in [3.63, 3.8) is 0 Å². The Morgan fingerprint density at radius 3 is 2.75 bits per heavy atom. The van der Waals surface area contributed by atoms with Crippen LogP contribution in [-0.2, 0) is 5.41 Å². The molecule has 1 heteroatoms. The molecule has 3 rings (SSSR count). The van der Waals surface area contributed by atoms with E-state index < -0.39 is 0 Å². The van der Waals surface area contributed by atoms with Gasteiger partial charge in [-0.25, -0.2) is 0 Å². The van der Waals surface area contributed by atoms with Gasteiger partial charge in [0.25, 0.3) is 0 Å². The Morgan fingerprint density at radius 2 is 1.94 bits per heavy atom. The molecule has 1 aromatic rings. The van der Waals surface area contributed by atoms with Gasteiger partial charge in [0.1, 0.15) is 17.7 Å². The number of benzene rings is 1. The van der Waals surface area contributed by atoms with Crippen LogP contribution in [0.15, 0.2) is 47.7 Å². The van der Waals surface area contributed by atoms with E-state index in [-0.39, 0.29) is 5.41 Å². The van der Waals surface area contributed by atoms with E-state index in [0.29, 0.717) is 0 Å². The normalized spacial score (nSPS) is 20.0. The van der Waals surface area contributed by atoms with Crippen LogP contribution in [0.5, 0.6) is 0 Å². The summed E-state index contributed by atoms with van der Waals surface area (Å²) in [6.07, 6.45) is 7.05. The van der Waals surface area contributed by atoms with Crippen LogP contribution >= 0.6 is 0 Å². The zero-order valence-corrected chi connectivity index (χ0v) is 9.54. The van der Waals surface area contributed by atoms with Crippen molar-refractivity contribution in [3.8, 4) is 0 Å². The van der Waals surface area contributed by atoms with Crippen LogP contribution in [0.3, 0.4) is 0 Å². The second-order valence-corrected chi connectivity index (χ2v) is 4.87. The molecule has 0 unspecified atom stereocenters. The molecule has 0 heterocycles. The molecule has 0 saturated heterocycles. The topological polar surface area (TPSA) is 26.0 Å². The molecular formula is C15H14N+. The average molecular weight is 208 g/mol. The Balaban J connectivity index is 2.37. The third kappa shape index (κ3) is 0.986. The molecule has 0 saturated carbocycles. The SMILES string of the molecule is CC1(C)C2=C(C(N)=C[C+]=C2)c2ccccc21. The lowest BCUT2D eigenvalue weighted by Crippen LogP contribution is -2.16.